The summed E-state index contributed by atoms with van der Waals surface area (Å²) in [4.78, 5) is 41.1. The van der Waals surface area contributed by atoms with Crippen molar-refractivity contribution in [3.8, 4) is 5.75 Å². The monoisotopic (exact) mass is 463 g/mol. The van der Waals surface area contributed by atoms with E-state index in [1.807, 2.05) is 24.3 Å². The first-order chi connectivity index (χ1) is 15.6. The van der Waals surface area contributed by atoms with Crippen LogP contribution < -0.4 is 9.64 Å². The van der Waals surface area contributed by atoms with Crippen molar-refractivity contribution in [3.05, 3.63) is 70.2 Å². The zero-order valence-corrected chi connectivity index (χ0v) is 20.0. The van der Waals surface area contributed by atoms with Gasteiger partial charge in [-0.2, -0.15) is 0 Å². The van der Waals surface area contributed by atoms with Crippen LogP contribution in [-0.4, -0.2) is 34.8 Å². The highest BCUT2D eigenvalue weighted by Gasteiger charge is 2.53. The number of benzene rings is 2. The maximum Gasteiger partial charge on any atom is 0.297 e. The molecule has 2 atom stereocenters. The average molecular weight is 464 g/mol. The van der Waals surface area contributed by atoms with Crippen molar-refractivity contribution in [2.75, 3.05) is 12.0 Å². The van der Waals surface area contributed by atoms with Gasteiger partial charge in [0.2, 0.25) is 10.9 Å². The number of aryl methyl sites for hydroxylation is 1. The number of methoxy groups -OCH3 is 1. The number of rotatable bonds is 5. The van der Waals surface area contributed by atoms with E-state index in [1.165, 1.54) is 23.3 Å². The third-order valence-corrected chi connectivity index (χ3v) is 6.64. The van der Waals surface area contributed by atoms with Crippen molar-refractivity contribution >= 4 is 33.9 Å². The van der Waals surface area contributed by atoms with E-state index in [2.05, 4.69) is 31.0 Å². The molecule has 0 aliphatic carbocycles. The topological polar surface area (TPSA) is 89.5 Å². The molecule has 1 saturated heterocycles. The lowest BCUT2D eigenvalue weighted by Crippen LogP contribution is -2.30. The molecule has 2 heterocycles. The molecule has 1 aliphatic heterocycles. The van der Waals surface area contributed by atoms with E-state index in [9.17, 15) is 14.4 Å². The van der Waals surface area contributed by atoms with Crippen LogP contribution in [0.4, 0.5) is 5.13 Å². The SMILES string of the molecule is COc1ccc(C(=O)C2C(=O)C(=O)N(c3nnc(C)s3)C2c2ccc(C(C)(C)C)cc2)cc1. The Morgan fingerprint density at radius 3 is 2.15 bits per heavy atom. The van der Waals surface area contributed by atoms with Crippen molar-refractivity contribution < 1.29 is 19.1 Å². The molecule has 4 rings (SSSR count). The number of anilines is 1. The number of carbonyl (C=O) groups excluding carboxylic acids is 3. The van der Waals surface area contributed by atoms with Gasteiger partial charge in [0.25, 0.3) is 5.91 Å². The molecule has 0 N–H and O–H groups in total. The van der Waals surface area contributed by atoms with Gasteiger partial charge in [-0.3, -0.25) is 19.3 Å². The van der Waals surface area contributed by atoms with Crippen LogP contribution in [0.2, 0.25) is 0 Å². The number of hydrogen-bond acceptors (Lipinski definition) is 7. The van der Waals surface area contributed by atoms with E-state index in [-0.39, 0.29) is 5.41 Å². The van der Waals surface area contributed by atoms with Crippen LogP contribution in [-0.2, 0) is 15.0 Å². The standard InChI is InChI=1S/C25H25N3O4S/c1-14-26-27-24(33-14)28-20(15-6-10-17(11-7-15)25(2,3)4)19(22(30)23(28)31)21(29)16-8-12-18(32-5)13-9-16/h6-13,19-20H,1-5H3. The molecule has 1 aromatic heterocycles. The molecule has 1 amide bonds. The number of nitrogens with zero attached hydrogens (tertiary/aromatic N) is 3. The lowest BCUT2D eigenvalue weighted by Gasteiger charge is -2.26. The van der Waals surface area contributed by atoms with E-state index >= 15 is 0 Å². The second kappa shape index (κ2) is 8.51. The Morgan fingerprint density at radius 1 is 1.00 bits per heavy atom. The second-order valence-corrected chi connectivity index (χ2v) is 10.2. The highest BCUT2D eigenvalue weighted by Crippen LogP contribution is 2.42. The summed E-state index contributed by atoms with van der Waals surface area (Å²) >= 11 is 1.21. The fraction of sp³-hybridized carbons (Fsp3) is 0.320. The smallest absolute Gasteiger partial charge is 0.297 e. The van der Waals surface area contributed by atoms with Gasteiger partial charge in [0.1, 0.15) is 16.7 Å². The van der Waals surface area contributed by atoms with Crippen LogP contribution in [0, 0.1) is 12.8 Å². The Kier molecular flexibility index (Phi) is 5.88. The highest BCUT2D eigenvalue weighted by atomic mass is 32.1. The summed E-state index contributed by atoms with van der Waals surface area (Å²) in [5.41, 5.74) is 2.09. The second-order valence-electron chi connectivity index (χ2n) is 9.03. The Morgan fingerprint density at radius 2 is 1.64 bits per heavy atom. The lowest BCUT2D eigenvalue weighted by atomic mass is 9.83. The van der Waals surface area contributed by atoms with Gasteiger partial charge in [0.15, 0.2) is 5.78 Å². The Hall–Kier alpha value is -3.39. The molecular weight excluding hydrogens is 438 g/mol. The molecular formula is C25H25N3O4S. The Labute approximate surface area is 196 Å². The van der Waals surface area contributed by atoms with E-state index < -0.39 is 29.4 Å². The van der Waals surface area contributed by atoms with E-state index in [1.54, 1.807) is 31.2 Å². The Balaban J connectivity index is 1.81. The first kappa shape index (κ1) is 22.8. The zero-order valence-electron chi connectivity index (χ0n) is 19.2. The number of ketones is 2. The maximum absolute atomic E-state index is 13.5. The van der Waals surface area contributed by atoms with Crippen LogP contribution in [0.25, 0.3) is 0 Å². The fourth-order valence-electron chi connectivity index (χ4n) is 3.98. The van der Waals surface area contributed by atoms with E-state index in [0.29, 0.717) is 27.0 Å². The van der Waals surface area contributed by atoms with Crippen LogP contribution >= 0.6 is 11.3 Å². The first-order valence-corrected chi connectivity index (χ1v) is 11.4. The van der Waals surface area contributed by atoms with Gasteiger partial charge in [-0.1, -0.05) is 56.4 Å². The normalized spacial score (nSPS) is 18.6. The Bertz CT molecular complexity index is 1210. The van der Waals surface area contributed by atoms with E-state index in [0.717, 1.165) is 5.56 Å². The number of aromatic nitrogens is 2. The molecule has 170 valence electrons. The molecule has 1 fully saturated rings. The largest absolute Gasteiger partial charge is 0.497 e. The minimum Gasteiger partial charge on any atom is -0.497 e. The van der Waals surface area contributed by atoms with Gasteiger partial charge in [-0.05, 0) is 47.7 Å². The number of carbonyl (C=O) groups is 3. The van der Waals surface area contributed by atoms with Crippen molar-refractivity contribution in [2.24, 2.45) is 5.92 Å². The zero-order chi connectivity index (χ0) is 23.9. The summed E-state index contributed by atoms with van der Waals surface area (Å²) in [5.74, 6) is -2.49. The summed E-state index contributed by atoms with van der Waals surface area (Å²) in [5, 5.41) is 9.08. The quantitative estimate of drug-likeness (QED) is 0.318. The molecule has 2 unspecified atom stereocenters. The molecule has 33 heavy (non-hydrogen) atoms. The number of amides is 1. The molecule has 7 nitrogen and oxygen atoms in total. The van der Waals surface area contributed by atoms with Gasteiger partial charge in [0, 0.05) is 5.56 Å². The molecule has 0 saturated carbocycles. The van der Waals surface area contributed by atoms with Crippen molar-refractivity contribution in [3.63, 3.8) is 0 Å². The number of Topliss-reactive ketones (excluding diaryl/α,β-unsaturated/α-hetero) is 2. The van der Waals surface area contributed by atoms with Crippen molar-refractivity contribution in [2.45, 2.75) is 39.2 Å². The van der Waals surface area contributed by atoms with Gasteiger partial charge in [-0.25, -0.2) is 0 Å². The fourth-order valence-corrected chi connectivity index (χ4v) is 4.70. The maximum atomic E-state index is 13.5. The van der Waals surface area contributed by atoms with Crippen LogP contribution in [0.15, 0.2) is 48.5 Å². The lowest BCUT2D eigenvalue weighted by molar-refractivity contribution is -0.135. The summed E-state index contributed by atoms with van der Waals surface area (Å²) < 4.78 is 5.16. The molecule has 2 aromatic carbocycles. The summed E-state index contributed by atoms with van der Waals surface area (Å²) in [7, 11) is 1.54. The average Bonchev–Trinajstić information content (AvgIpc) is 3.33. The summed E-state index contributed by atoms with van der Waals surface area (Å²) in [6.07, 6.45) is 0. The predicted molar refractivity (Wildman–Crippen MR) is 126 cm³/mol. The van der Waals surface area contributed by atoms with E-state index in [4.69, 9.17) is 4.74 Å². The van der Waals surface area contributed by atoms with Crippen molar-refractivity contribution in [1.82, 2.24) is 10.2 Å². The van der Waals surface area contributed by atoms with Gasteiger partial charge < -0.3 is 4.74 Å². The third kappa shape index (κ3) is 4.18. The van der Waals surface area contributed by atoms with Crippen molar-refractivity contribution in [1.29, 1.82) is 0 Å². The van der Waals surface area contributed by atoms with Crippen LogP contribution in [0.3, 0.4) is 0 Å². The summed E-state index contributed by atoms with van der Waals surface area (Å²) in [6, 6.07) is 13.4. The molecule has 1 aliphatic rings. The molecule has 0 radical (unpaired) electrons. The van der Waals surface area contributed by atoms with Crippen LogP contribution in [0.5, 0.6) is 5.75 Å². The minimum absolute atomic E-state index is 0.0613. The highest BCUT2D eigenvalue weighted by molar-refractivity contribution is 7.15. The van der Waals surface area contributed by atoms with Crippen LogP contribution in [0.1, 0.15) is 53.3 Å². The molecule has 3 aromatic rings. The summed E-state index contributed by atoms with van der Waals surface area (Å²) in [6.45, 7) is 8.10. The minimum atomic E-state index is -1.18. The number of ether oxygens (including phenoxy) is 1. The third-order valence-electron chi connectivity index (χ3n) is 5.80. The van der Waals surface area contributed by atoms with Gasteiger partial charge in [0.05, 0.1) is 13.2 Å². The van der Waals surface area contributed by atoms with Gasteiger partial charge in [-0.15, -0.1) is 10.2 Å². The number of hydrogen-bond donors (Lipinski definition) is 0. The predicted octanol–water partition coefficient (Wildman–Crippen LogP) is 4.31. The molecule has 0 bridgehead atoms. The molecule has 0 spiro atoms. The van der Waals surface area contributed by atoms with Gasteiger partial charge >= 0.3 is 0 Å². The molecule has 8 heteroatoms. The first-order valence-electron chi connectivity index (χ1n) is 10.6.